The fourth-order valence-corrected chi connectivity index (χ4v) is 4.93. The molecule has 0 aliphatic heterocycles. The van der Waals surface area contributed by atoms with Gasteiger partial charge in [0.2, 0.25) is 0 Å². The van der Waals surface area contributed by atoms with Crippen molar-refractivity contribution in [3.63, 3.8) is 0 Å². The van der Waals surface area contributed by atoms with E-state index in [1.165, 1.54) is 27.1 Å². The summed E-state index contributed by atoms with van der Waals surface area (Å²) in [5, 5.41) is 5.19. The van der Waals surface area contributed by atoms with E-state index in [0.717, 1.165) is 12.1 Å². The normalized spacial score (nSPS) is 10.9. The van der Waals surface area contributed by atoms with Crippen LogP contribution in [0.3, 0.4) is 0 Å². The second-order valence-corrected chi connectivity index (χ2v) is 9.41. The van der Waals surface area contributed by atoms with E-state index >= 15 is 0 Å². The van der Waals surface area contributed by atoms with Crippen LogP contribution < -0.4 is 5.32 Å². The lowest BCUT2D eigenvalue weighted by atomic mass is 9.88. The standard InChI is InChI=1S/C29H30N2OS/c1-22-13-15-26(16-14-22)30-29(32)31(21-28-23(2)18-20-33-28)19-17-27(24-9-5-3-6-10-24)25-11-7-4-8-12-25/h3-16,18,20,27H,17,19,21H2,1-2H3,(H,30,32). The van der Waals surface area contributed by atoms with Crippen LogP contribution in [0.1, 0.15) is 39.5 Å². The molecule has 0 saturated carbocycles. The lowest BCUT2D eigenvalue weighted by Crippen LogP contribution is -2.36. The molecule has 4 rings (SSSR count). The van der Waals surface area contributed by atoms with Crippen LogP contribution in [0, 0.1) is 13.8 Å². The van der Waals surface area contributed by atoms with Gasteiger partial charge in [0.25, 0.3) is 0 Å². The predicted molar refractivity (Wildman–Crippen MR) is 139 cm³/mol. The van der Waals surface area contributed by atoms with E-state index in [1.54, 1.807) is 11.3 Å². The lowest BCUT2D eigenvalue weighted by Gasteiger charge is -2.26. The molecular weight excluding hydrogens is 424 g/mol. The average Bonchev–Trinajstić information content (AvgIpc) is 3.25. The van der Waals surface area contributed by atoms with E-state index in [0.29, 0.717) is 13.1 Å². The number of aryl methyl sites for hydroxylation is 2. The van der Waals surface area contributed by atoms with Crippen molar-refractivity contribution in [3.05, 3.63) is 124 Å². The van der Waals surface area contributed by atoms with Gasteiger partial charge in [-0.15, -0.1) is 11.3 Å². The van der Waals surface area contributed by atoms with Gasteiger partial charge in [-0.05, 0) is 60.5 Å². The molecule has 0 spiro atoms. The van der Waals surface area contributed by atoms with Crippen molar-refractivity contribution >= 4 is 23.1 Å². The van der Waals surface area contributed by atoms with Gasteiger partial charge in [0.15, 0.2) is 0 Å². The van der Waals surface area contributed by atoms with E-state index in [1.807, 2.05) is 48.2 Å². The first-order valence-electron chi connectivity index (χ1n) is 11.4. The molecule has 0 aliphatic carbocycles. The topological polar surface area (TPSA) is 32.3 Å². The number of thiophene rings is 1. The Bertz CT molecular complexity index is 1110. The number of nitrogens with one attached hydrogen (secondary N) is 1. The smallest absolute Gasteiger partial charge is 0.319 e. The second kappa shape index (κ2) is 11.0. The minimum absolute atomic E-state index is 0.0634. The Kier molecular flexibility index (Phi) is 7.59. The molecule has 1 N–H and O–H groups in total. The van der Waals surface area contributed by atoms with Gasteiger partial charge in [0.05, 0.1) is 6.54 Å². The number of carbonyl (C=O) groups is 1. The highest BCUT2D eigenvalue weighted by Gasteiger charge is 2.20. The van der Waals surface area contributed by atoms with Gasteiger partial charge in [-0.1, -0.05) is 78.4 Å². The Morgan fingerprint density at radius 3 is 2.00 bits per heavy atom. The quantitative estimate of drug-likeness (QED) is 0.292. The van der Waals surface area contributed by atoms with Crippen LogP contribution in [0.5, 0.6) is 0 Å². The molecule has 0 unspecified atom stereocenters. The molecule has 0 bridgehead atoms. The van der Waals surface area contributed by atoms with Crippen LogP contribution in [-0.2, 0) is 6.54 Å². The number of hydrogen-bond donors (Lipinski definition) is 1. The Hall–Kier alpha value is -3.37. The van der Waals surface area contributed by atoms with Crippen molar-refractivity contribution in [2.45, 2.75) is 32.7 Å². The van der Waals surface area contributed by atoms with Crippen LogP contribution in [0.25, 0.3) is 0 Å². The summed E-state index contributed by atoms with van der Waals surface area (Å²) in [6, 6.07) is 31.2. The summed E-state index contributed by atoms with van der Waals surface area (Å²) >= 11 is 1.71. The van der Waals surface area contributed by atoms with Gasteiger partial charge in [-0.25, -0.2) is 4.79 Å². The highest BCUT2D eigenvalue weighted by atomic mass is 32.1. The molecule has 1 heterocycles. The minimum atomic E-state index is -0.0634. The van der Waals surface area contributed by atoms with Gasteiger partial charge in [0, 0.05) is 23.0 Å². The number of nitrogens with zero attached hydrogens (tertiary/aromatic N) is 1. The van der Waals surface area contributed by atoms with Crippen LogP contribution in [0.15, 0.2) is 96.4 Å². The zero-order chi connectivity index (χ0) is 23.0. The molecule has 3 nitrogen and oxygen atoms in total. The van der Waals surface area contributed by atoms with Gasteiger partial charge in [0.1, 0.15) is 0 Å². The van der Waals surface area contributed by atoms with E-state index in [-0.39, 0.29) is 11.9 Å². The van der Waals surface area contributed by atoms with Crippen LogP contribution in [0.2, 0.25) is 0 Å². The van der Waals surface area contributed by atoms with Crippen molar-refractivity contribution in [2.24, 2.45) is 0 Å². The van der Waals surface area contributed by atoms with E-state index in [9.17, 15) is 4.79 Å². The largest absolute Gasteiger partial charge is 0.322 e. The maximum atomic E-state index is 13.3. The molecule has 3 aromatic carbocycles. The summed E-state index contributed by atoms with van der Waals surface area (Å²) in [6.07, 6.45) is 0.847. The number of rotatable bonds is 8. The molecule has 4 aromatic rings. The first-order chi connectivity index (χ1) is 16.1. The number of hydrogen-bond acceptors (Lipinski definition) is 2. The third-order valence-corrected chi connectivity index (χ3v) is 6.99. The van der Waals surface area contributed by atoms with E-state index in [4.69, 9.17) is 0 Å². The maximum Gasteiger partial charge on any atom is 0.322 e. The van der Waals surface area contributed by atoms with Crippen LogP contribution >= 0.6 is 11.3 Å². The molecule has 0 atom stereocenters. The molecule has 0 fully saturated rings. The molecule has 0 aliphatic rings. The highest BCUT2D eigenvalue weighted by Crippen LogP contribution is 2.29. The Morgan fingerprint density at radius 2 is 1.45 bits per heavy atom. The first kappa shape index (κ1) is 22.8. The van der Waals surface area contributed by atoms with Gasteiger partial charge >= 0.3 is 6.03 Å². The van der Waals surface area contributed by atoms with E-state index < -0.39 is 0 Å². The molecular formula is C29H30N2OS. The van der Waals surface area contributed by atoms with Crippen molar-refractivity contribution in [1.82, 2.24) is 4.90 Å². The fraction of sp³-hybridized carbons (Fsp3) is 0.207. The number of carbonyl (C=O) groups excluding carboxylic acids is 1. The summed E-state index contributed by atoms with van der Waals surface area (Å²) < 4.78 is 0. The SMILES string of the molecule is Cc1ccc(NC(=O)N(CCC(c2ccccc2)c2ccccc2)Cc2sccc2C)cc1. The third-order valence-electron chi connectivity index (χ3n) is 5.98. The molecule has 33 heavy (non-hydrogen) atoms. The number of urea groups is 1. The summed E-state index contributed by atoms with van der Waals surface area (Å²) in [5.41, 5.74) is 5.77. The number of amides is 2. The number of anilines is 1. The molecule has 2 amide bonds. The Morgan fingerprint density at radius 1 is 0.848 bits per heavy atom. The lowest BCUT2D eigenvalue weighted by molar-refractivity contribution is 0.208. The first-order valence-corrected chi connectivity index (χ1v) is 12.2. The molecule has 1 aromatic heterocycles. The van der Waals surface area contributed by atoms with Crippen molar-refractivity contribution < 1.29 is 4.79 Å². The summed E-state index contributed by atoms with van der Waals surface area (Å²) in [5.74, 6) is 0.228. The number of benzene rings is 3. The zero-order valence-electron chi connectivity index (χ0n) is 19.2. The second-order valence-electron chi connectivity index (χ2n) is 8.41. The molecule has 168 valence electrons. The zero-order valence-corrected chi connectivity index (χ0v) is 20.0. The summed E-state index contributed by atoms with van der Waals surface area (Å²) in [6.45, 7) is 5.42. The van der Waals surface area contributed by atoms with Crippen molar-refractivity contribution in [3.8, 4) is 0 Å². The average molecular weight is 455 g/mol. The molecule has 0 saturated heterocycles. The van der Waals surface area contributed by atoms with Gasteiger partial charge < -0.3 is 10.2 Å². The third kappa shape index (κ3) is 6.11. The van der Waals surface area contributed by atoms with Crippen LogP contribution in [0.4, 0.5) is 10.5 Å². The van der Waals surface area contributed by atoms with Gasteiger partial charge in [-0.3, -0.25) is 0 Å². The van der Waals surface area contributed by atoms with E-state index in [2.05, 4.69) is 72.2 Å². The minimum Gasteiger partial charge on any atom is -0.319 e. The monoisotopic (exact) mass is 454 g/mol. The van der Waals surface area contributed by atoms with Crippen molar-refractivity contribution in [2.75, 3.05) is 11.9 Å². The fourth-order valence-electron chi connectivity index (χ4n) is 4.01. The summed E-state index contributed by atoms with van der Waals surface area (Å²) in [4.78, 5) is 16.5. The molecule has 0 radical (unpaired) electrons. The summed E-state index contributed by atoms with van der Waals surface area (Å²) in [7, 11) is 0. The van der Waals surface area contributed by atoms with Gasteiger partial charge in [-0.2, -0.15) is 0 Å². The highest BCUT2D eigenvalue weighted by molar-refractivity contribution is 7.10. The molecule has 4 heteroatoms. The van der Waals surface area contributed by atoms with Crippen LogP contribution in [-0.4, -0.2) is 17.5 Å². The Labute approximate surface area is 200 Å². The maximum absolute atomic E-state index is 13.3. The van der Waals surface area contributed by atoms with Crippen molar-refractivity contribution in [1.29, 1.82) is 0 Å². The Balaban J connectivity index is 1.55. The predicted octanol–water partition coefficient (Wildman–Crippen LogP) is 7.62.